The van der Waals surface area contributed by atoms with Crippen molar-refractivity contribution in [3.8, 4) is 12.3 Å². The maximum atomic E-state index is 5.33. The summed E-state index contributed by atoms with van der Waals surface area (Å²) in [6, 6.07) is 9.17. The minimum Gasteiger partial charge on any atom is -0.314 e. The van der Waals surface area contributed by atoms with Crippen molar-refractivity contribution in [1.82, 2.24) is 5.32 Å². The Kier molecular flexibility index (Phi) is 6.43. The molecule has 0 aromatic heterocycles. The first-order valence-corrected chi connectivity index (χ1v) is 6.49. The molecular weight excluding hydrogens is 206 g/mol. The Morgan fingerprint density at radius 2 is 2.06 bits per heavy atom. The van der Waals surface area contributed by atoms with Gasteiger partial charge in [0.2, 0.25) is 0 Å². The van der Waals surface area contributed by atoms with E-state index < -0.39 is 0 Å². The van der Waals surface area contributed by atoms with Gasteiger partial charge in [-0.05, 0) is 43.9 Å². The van der Waals surface area contributed by atoms with Crippen LogP contribution in [0.15, 0.2) is 24.3 Å². The normalized spacial score (nSPS) is 12.1. The molecule has 92 valence electrons. The van der Waals surface area contributed by atoms with Crippen LogP contribution in [-0.4, -0.2) is 12.6 Å². The SMILES string of the molecule is C#CCCC(CCc1ccccc1C)NCC. The van der Waals surface area contributed by atoms with Crippen LogP contribution in [0.4, 0.5) is 0 Å². The van der Waals surface area contributed by atoms with E-state index in [0.717, 1.165) is 25.8 Å². The Balaban J connectivity index is 2.46. The summed E-state index contributed by atoms with van der Waals surface area (Å²) in [5, 5.41) is 3.51. The molecular formula is C16H23N. The summed E-state index contributed by atoms with van der Waals surface area (Å²) in [4.78, 5) is 0. The zero-order valence-electron chi connectivity index (χ0n) is 11.0. The minimum absolute atomic E-state index is 0.552. The quantitative estimate of drug-likeness (QED) is 0.707. The Morgan fingerprint density at radius 1 is 1.29 bits per heavy atom. The van der Waals surface area contributed by atoms with Crippen molar-refractivity contribution in [1.29, 1.82) is 0 Å². The first-order valence-electron chi connectivity index (χ1n) is 6.49. The third-order valence-corrected chi connectivity index (χ3v) is 3.15. The second-order valence-electron chi connectivity index (χ2n) is 4.46. The predicted molar refractivity (Wildman–Crippen MR) is 75.0 cm³/mol. The van der Waals surface area contributed by atoms with Crippen LogP contribution in [0.2, 0.25) is 0 Å². The van der Waals surface area contributed by atoms with E-state index in [1.54, 1.807) is 0 Å². The molecule has 1 aromatic carbocycles. The molecule has 0 saturated carbocycles. The number of hydrogen-bond acceptors (Lipinski definition) is 1. The van der Waals surface area contributed by atoms with E-state index in [0.29, 0.717) is 6.04 Å². The first-order chi connectivity index (χ1) is 8.27. The summed E-state index contributed by atoms with van der Waals surface area (Å²) in [5.41, 5.74) is 2.84. The first kappa shape index (κ1) is 13.8. The van der Waals surface area contributed by atoms with Crippen molar-refractivity contribution in [2.45, 2.75) is 45.6 Å². The van der Waals surface area contributed by atoms with E-state index >= 15 is 0 Å². The third kappa shape index (κ3) is 5.06. The van der Waals surface area contributed by atoms with E-state index in [9.17, 15) is 0 Å². The molecule has 0 amide bonds. The molecule has 0 aliphatic carbocycles. The molecule has 0 radical (unpaired) electrons. The average Bonchev–Trinajstić information content (AvgIpc) is 2.34. The molecule has 1 nitrogen and oxygen atoms in total. The van der Waals surface area contributed by atoms with Crippen molar-refractivity contribution in [2.24, 2.45) is 0 Å². The lowest BCUT2D eigenvalue weighted by Crippen LogP contribution is -2.29. The Bertz CT molecular complexity index is 362. The molecule has 0 fully saturated rings. The fourth-order valence-corrected chi connectivity index (χ4v) is 2.12. The zero-order valence-corrected chi connectivity index (χ0v) is 11.0. The number of benzene rings is 1. The topological polar surface area (TPSA) is 12.0 Å². The van der Waals surface area contributed by atoms with Gasteiger partial charge in [0.25, 0.3) is 0 Å². The predicted octanol–water partition coefficient (Wildman–Crippen LogP) is 3.32. The number of terminal acetylenes is 1. The second-order valence-corrected chi connectivity index (χ2v) is 4.46. The molecule has 1 N–H and O–H groups in total. The molecule has 1 rings (SSSR count). The van der Waals surface area contributed by atoms with Crippen LogP contribution >= 0.6 is 0 Å². The van der Waals surface area contributed by atoms with Crippen molar-refractivity contribution >= 4 is 0 Å². The summed E-state index contributed by atoms with van der Waals surface area (Å²) < 4.78 is 0. The van der Waals surface area contributed by atoms with Crippen LogP contribution < -0.4 is 5.32 Å². The van der Waals surface area contributed by atoms with Crippen LogP contribution in [0.3, 0.4) is 0 Å². The van der Waals surface area contributed by atoms with Gasteiger partial charge in [0.1, 0.15) is 0 Å². The Hall–Kier alpha value is -1.26. The van der Waals surface area contributed by atoms with Crippen molar-refractivity contribution in [3.63, 3.8) is 0 Å². The average molecular weight is 229 g/mol. The van der Waals surface area contributed by atoms with E-state index in [-0.39, 0.29) is 0 Å². The van der Waals surface area contributed by atoms with Gasteiger partial charge in [0.05, 0.1) is 0 Å². The lowest BCUT2D eigenvalue weighted by atomic mass is 9.99. The van der Waals surface area contributed by atoms with E-state index in [1.807, 2.05) is 0 Å². The highest BCUT2D eigenvalue weighted by atomic mass is 14.9. The number of rotatable bonds is 7. The van der Waals surface area contributed by atoms with Gasteiger partial charge < -0.3 is 5.32 Å². The molecule has 17 heavy (non-hydrogen) atoms. The van der Waals surface area contributed by atoms with Gasteiger partial charge in [-0.3, -0.25) is 0 Å². The maximum absolute atomic E-state index is 5.33. The largest absolute Gasteiger partial charge is 0.314 e. The summed E-state index contributed by atoms with van der Waals surface area (Å²) >= 11 is 0. The van der Waals surface area contributed by atoms with E-state index in [1.165, 1.54) is 17.5 Å². The van der Waals surface area contributed by atoms with E-state index in [2.05, 4.69) is 49.4 Å². The van der Waals surface area contributed by atoms with Crippen LogP contribution in [0.5, 0.6) is 0 Å². The zero-order chi connectivity index (χ0) is 12.5. The van der Waals surface area contributed by atoms with E-state index in [4.69, 9.17) is 6.42 Å². The number of hydrogen-bond donors (Lipinski definition) is 1. The fraction of sp³-hybridized carbons (Fsp3) is 0.500. The third-order valence-electron chi connectivity index (χ3n) is 3.15. The maximum Gasteiger partial charge on any atom is 0.0101 e. The van der Waals surface area contributed by atoms with Gasteiger partial charge in [-0.25, -0.2) is 0 Å². The smallest absolute Gasteiger partial charge is 0.0101 e. The fourth-order valence-electron chi connectivity index (χ4n) is 2.12. The lowest BCUT2D eigenvalue weighted by Gasteiger charge is -2.17. The Labute approximate surface area is 106 Å². The Morgan fingerprint density at radius 3 is 2.71 bits per heavy atom. The summed E-state index contributed by atoms with van der Waals surface area (Å²) in [6.07, 6.45) is 9.57. The summed E-state index contributed by atoms with van der Waals surface area (Å²) in [5.74, 6) is 2.73. The molecule has 0 aliphatic rings. The van der Waals surface area contributed by atoms with Crippen LogP contribution in [0.25, 0.3) is 0 Å². The van der Waals surface area contributed by atoms with Crippen LogP contribution in [0.1, 0.15) is 37.3 Å². The molecule has 1 heteroatoms. The number of aryl methyl sites for hydroxylation is 2. The summed E-state index contributed by atoms with van der Waals surface area (Å²) in [6.45, 7) is 5.35. The standard InChI is InChI=1S/C16H23N/c1-4-6-11-16(17-5-2)13-12-15-10-8-7-9-14(15)3/h1,7-10,16-17H,5-6,11-13H2,2-3H3. The molecule has 1 aromatic rings. The molecule has 1 atom stereocenters. The lowest BCUT2D eigenvalue weighted by molar-refractivity contribution is 0.469. The van der Waals surface area contributed by atoms with Crippen LogP contribution in [0, 0.1) is 19.3 Å². The molecule has 0 heterocycles. The monoisotopic (exact) mass is 229 g/mol. The van der Waals surface area contributed by atoms with Gasteiger partial charge in [-0.1, -0.05) is 31.2 Å². The van der Waals surface area contributed by atoms with Crippen LogP contribution in [-0.2, 0) is 6.42 Å². The number of nitrogens with one attached hydrogen (secondary N) is 1. The van der Waals surface area contributed by atoms with Gasteiger partial charge in [-0.15, -0.1) is 12.3 Å². The molecule has 1 unspecified atom stereocenters. The molecule has 0 saturated heterocycles. The molecule has 0 bridgehead atoms. The minimum atomic E-state index is 0.552. The van der Waals surface area contributed by atoms with Crippen molar-refractivity contribution in [2.75, 3.05) is 6.54 Å². The van der Waals surface area contributed by atoms with Gasteiger partial charge in [0, 0.05) is 12.5 Å². The van der Waals surface area contributed by atoms with Gasteiger partial charge >= 0.3 is 0 Å². The highest BCUT2D eigenvalue weighted by Gasteiger charge is 2.07. The van der Waals surface area contributed by atoms with Crippen molar-refractivity contribution < 1.29 is 0 Å². The van der Waals surface area contributed by atoms with Crippen molar-refractivity contribution in [3.05, 3.63) is 35.4 Å². The molecule has 0 spiro atoms. The highest BCUT2D eigenvalue weighted by Crippen LogP contribution is 2.12. The summed E-state index contributed by atoms with van der Waals surface area (Å²) in [7, 11) is 0. The molecule has 0 aliphatic heterocycles. The van der Waals surface area contributed by atoms with Gasteiger partial charge in [-0.2, -0.15) is 0 Å². The second kappa shape index (κ2) is 7.92. The highest BCUT2D eigenvalue weighted by molar-refractivity contribution is 5.25. The van der Waals surface area contributed by atoms with Gasteiger partial charge in [0.15, 0.2) is 0 Å².